The van der Waals surface area contributed by atoms with Gasteiger partial charge in [0.05, 0.1) is 12.2 Å². The van der Waals surface area contributed by atoms with E-state index in [-0.39, 0.29) is 23.0 Å². The normalized spacial score (nSPS) is 28.4. The average molecular weight is 577 g/mol. The van der Waals surface area contributed by atoms with Crippen LogP contribution in [0.1, 0.15) is 127 Å². The minimum atomic E-state index is -0.216. The summed E-state index contributed by atoms with van der Waals surface area (Å²) in [5, 5.41) is 20.3. The molecule has 0 bridgehead atoms. The molecule has 236 valence electrons. The second-order valence-electron chi connectivity index (χ2n) is 15.3. The van der Waals surface area contributed by atoms with Gasteiger partial charge in [0.1, 0.15) is 0 Å². The summed E-state index contributed by atoms with van der Waals surface area (Å²) in [6, 6.07) is 0. The first-order chi connectivity index (χ1) is 19.6. The Morgan fingerprint density at radius 1 is 0.952 bits per heavy atom. The van der Waals surface area contributed by atoms with Crippen molar-refractivity contribution >= 4 is 0 Å². The Morgan fingerprint density at radius 2 is 1.62 bits per heavy atom. The minimum absolute atomic E-state index is 0.0184. The van der Waals surface area contributed by atoms with E-state index >= 15 is 0 Å². The molecule has 1 saturated carbocycles. The number of hydrogen-bond acceptors (Lipinski definition) is 2. The number of allylic oxidation sites excluding steroid dienone is 13. The zero-order valence-electron chi connectivity index (χ0n) is 28.8. The van der Waals surface area contributed by atoms with Gasteiger partial charge in [-0.2, -0.15) is 0 Å². The van der Waals surface area contributed by atoms with E-state index in [1.165, 1.54) is 47.1 Å². The summed E-state index contributed by atoms with van der Waals surface area (Å²) in [7, 11) is 0. The lowest BCUT2D eigenvalue weighted by atomic mass is 9.61. The second kappa shape index (κ2) is 16.8. The van der Waals surface area contributed by atoms with Crippen LogP contribution in [0.3, 0.4) is 0 Å². The van der Waals surface area contributed by atoms with Crippen molar-refractivity contribution in [1.82, 2.24) is 0 Å². The summed E-state index contributed by atoms with van der Waals surface area (Å²) in [6.07, 6.45) is 29.2. The van der Waals surface area contributed by atoms with Gasteiger partial charge < -0.3 is 10.2 Å². The maximum atomic E-state index is 10.2. The molecule has 2 rings (SSSR count). The van der Waals surface area contributed by atoms with E-state index in [0.29, 0.717) is 17.8 Å². The number of rotatable bonds is 13. The Kier molecular flexibility index (Phi) is 14.5. The second-order valence-corrected chi connectivity index (χ2v) is 15.3. The highest BCUT2D eigenvalue weighted by atomic mass is 16.3. The van der Waals surface area contributed by atoms with Crippen molar-refractivity contribution in [2.75, 3.05) is 0 Å². The standard InChI is InChI=1S/C40H64O2/c1-29(17-13-19-31(3)21-23-37-33(5)25-35(41)27-39(37,7)8)15-11-12-16-30(2)18-14-20-32(4)22-24-38-34(6)26-36(42)28-40(38,9)10/h11-13,15,17,19-21,23,30,34-36,38,41-42H,14,16,18,22,24-28H2,1-10H3/b12-11+,17-13+,23-21+,29-15+,31-19+,32-20-/t30?,34-,35-,36-,38-/m0/s1. The maximum Gasteiger partial charge on any atom is 0.0585 e. The summed E-state index contributed by atoms with van der Waals surface area (Å²) in [4.78, 5) is 0. The largest absolute Gasteiger partial charge is 0.393 e. The summed E-state index contributed by atoms with van der Waals surface area (Å²) < 4.78 is 0. The highest BCUT2D eigenvalue weighted by Gasteiger charge is 2.40. The molecule has 42 heavy (non-hydrogen) atoms. The van der Waals surface area contributed by atoms with Crippen molar-refractivity contribution in [2.24, 2.45) is 28.6 Å². The quantitative estimate of drug-likeness (QED) is 0.169. The van der Waals surface area contributed by atoms with Crippen molar-refractivity contribution in [1.29, 1.82) is 0 Å². The molecule has 0 radical (unpaired) electrons. The highest BCUT2D eigenvalue weighted by molar-refractivity contribution is 5.37. The molecule has 1 fully saturated rings. The maximum absolute atomic E-state index is 10.2. The van der Waals surface area contributed by atoms with Gasteiger partial charge in [-0.05, 0) is 120 Å². The fraction of sp³-hybridized carbons (Fsp3) is 0.650. The Morgan fingerprint density at radius 3 is 2.29 bits per heavy atom. The predicted octanol–water partition coefficient (Wildman–Crippen LogP) is 11.0. The lowest BCUT2D eigenvalue weighted by molar-refractivity contribution is -0.0150. The van der Waals surface area contributed by atoms with Crippen molar-refractivity contribution < 1.29 is 10.2 Å². The molecule has 5 atom stereocenters. The van der Waals surface area contributed by atoms with Gasteiger partial charge in [-0.3, -0.25) is 0 Å². The molecule has 0 aromatic carbocycles. The summed E-state index contributed by atoms with van der Waals surface area (Å²) >= 11 is 0. The molecule has 1 unspecified atom stereocenters. The molecule has 2 heteroatoms. The molecule has 0 saturated heterocycles. The number of hydrogen-bond donors (Lipinski definition) is 2. The molecule has 0 spiro atoms. The molecular weight excluding hydrogens is 512 g/mol. The van der Waals surface area contributed by atoms with Crippen LogP contribution in [-0.2, 0) is 0 Å². The van der Waals surface area contributed by atoms with Gasteiger partial charge in [-0.15, -0.1) is 0 Å². The Bertz CT molecular complexity index is 1070. The molecule has 0 amide bonds. The third kappa shape index (κ3) is 12.4. The number of aliphatic hydroxyl groups excluding tert-OH is 2. The van der Waals surface area contributed by atoms with Crippen molar-refractivity contribution in [3.8, 4) is 0 Å². The minimum Gasteiger partial charge on any atom is -0.393 e. The van der Waals surface area contributed by atoms with E-state index in [2.05, 4.69) is 124 Å². The highest BCUT2D eigenvalue weighted by Crippen LogP contribution is 2.46. The van der Waals surface area contributed by atoms with Crippen molar-refractivity contribution in [3.05, 3.63) is 82.5 Å². The first-order valence-electron chi connectivity index (χ1n) is 16.7. The van der Waals surface area contributed by atoms with Crippen molar-refractivity contribution in [2.45, 2.75) is 139 Å². The molecule has 2 nitrogen and oxygen atoms in total. The van der Waals surface area contributed by atoms with Gasteiger partial charge in [0.2, 0.25) is 0 Å². The molecule has 2 aliphatic carbocycles. The van der Waals surface area contributed by atoms with Gasteiger partial charge in [0.25, 0.3) is 0 Å². The van der Waals surface area contributed by atoms with Crippen LogP contribution in [0.15, 0.2) is 82.5 Å². The monoisotopic (exact) mass is 576 g/mol. The third-order valence-corrected chi connectivity index (χ3v) is 9.84. The molecule has 0 heterocycles. The zero-order chi connectivity index (χ0) is 31.5. The van der Waals surface area contributed by atoms with Crippen LogP contribution in [0.5, 0.6) is 0 Å². The molecule has 0 aromatic rings. The van der Waals surface area contributed by atoms with Crippen LogP contribution >= 0.6 is 0 Å². The Balaban J connectivity index is 1.73. The van der Waals surface area contributed by atoms with Crippen LogP contribution in [0, 0.1) is 28.6 Å². The molecule has 0 aromatic heterocycles. The average Bonchev–Trinajstić information content (AvgIpc) is 2.84. The molecular formula is C40H64O2. The van der Waals surface area contributed by atoms with Crippen LogP contribution in [-0.4, -0.2) is 22.4 Å². The molecule has 2 N–H and O–H groups in total. The Hall–Kier alpha value is -1.90. The fourth-order valence-electron chi connectivity index (χ4n) is 7.49. The van der Waals surface area contributed by atoms with Crippen LogP contribution in [0.25, 0.3) is 0 Å². The van der Waals surface area contributed by atoms with Gasteiger partial charge in [0.15, 0.2) is 0 Å². The topological polar surface area (TPSA) is 40.5 Å². The van der Waals surface area contributed by atoms with Crippen LogP contribution in [0.2, 0.25) is 0 Å². The van der Waals surface area contributed by atoms with E-state index in [9.17, 15) is 10.2 Å². The summed E-state index contributed by atoms with van der Waals surface area (Å²) in [5.41, 5.74) is 6.92. The fourth-order valence-corrected chi connectivity index (χ4v) is 7.49. The van der Waals surface area contributed by atoms with Gasteiger partial charge in [-0.1, -0.05) is 119 Å². The molecule has 0 aliphatic heterocycles. The zero-order valence-corrected chi connectivity index (χ0v) is 28.8. The van der Waals surface area contributed by atoms with Crippen LogP contribution < -0.4 is 0 Å². The third-order valence-electron chi connectivity index (χ3n) is 9.84. The summed E-state index contributed by atoms with van der Waals surface area (Å²) in [6.45, 7) is 22.6. The van der Waals surface area contributed by atoms with E-state index < -0.39 is 0 Å². The smallest absolute Gasteiger partial charge is 0.0585 e. The SMILES string of the molecule is CC1=C(/C=C/C(C)=C/C=C/C(C)=C/C=C/CC(C)CC/C=C(/C)CC[C@H]2[C@@H](C)C[C@H](O)CC2(C)C)C(C)(C)C[C@@H](O)C1. The lowest BCUT2D eigenvalue weighted by Gasteiger charge is -2.45. The van der Waals surface area contributed by atoms with E-state index in [1.807, 2.05) is 0 Å². The lowest BCUT2D eigenvalue weighted by Crippen LogP contribution is -2.39. The molecule has 2 aliphatic rings. The van der Waals surface area contributed by atoms with Gasteiger partial charge >= 0.3 is 0 Å². The predicted molar refractivity (Wildman–Crippen MR) is 184 cm³/mol. The Labute approximate surface area is 260 Å². The first kappa shape index (κ1) is 36.3. The van der Waals surface area contributed by atoms with Crippen LogP contribution in [0.4, 0.5) is 0 Å². The van der Waals surface area contributed by atoms with Crippen molar-refractivity contribution in [3.63, 3.8) is 0 Å². The number of aliphatic hydroxyl groups is 2. The van der Waals surface area contributed by atoms with Gasteiger partial charge in [-0.25, -0.2) is 0 Å². The van der Waals surface area contributed by atoms with E-state index in [4.69, 9.17) is 0 Å². The van der Waals surface area contributed by atoms with E-state index in [1.54, 1.807) is 0 Å². The van der Waals surface area contributed by atoms with Gasteiger partial charge in [0, 0.05) is 0 Å². The van der Waals surface area contributed by atoms with E-state index in [0.717, 1.165) is 38.5 Å². The summed E-state index contributed by atoms with van der Waals surface area (Å²) in [5.74, 6) is 1.99. The first-order valence-corrected chi connectivity index (χ1v) is 16.7.